The normalized spacial score (nSPS) is 13.8. The Morgan fingerprint density at radius 1 is 0.800 bits per heavy atom. The Bertz CT molecular complexity index is 1290. The standard InChI is InChI=1S/C24H31N7O9/c25-13(8-20(34)35)21(36)30-16(7-11-10-28-14-4-2-1-3-12(11)14)23(38)29-15(5-6-18(26)32)22(37)31-17(24(39)40)9-19(27)33/h1-4,10,13,15-17,28H,5-9,25H2,(H2,26,32)(H2,27,33)(H,29,38)(H,30,36)(H,31,37)(H,34,35)(H,39,40). The van der Waals surface area contributed by atoms with Crippen LogP contribution in [0.3, 0.4) is 0 Å². The Balaban J connectivity index is 2.33. The van der Waals surface area contributed by atoms with Gasteiger partial charge < -0.3 is 48.3 Å². The molecule has 0 fully saturated rings. The van der Waals surface area contributed by atoms with Crippen molar-refractivity contribution < 1.29 is 43.8 Å². The third-order valence-corrected chi connectivity index (χ3v) is 5.80. The van der Waals surface area contributed by atoms with Gasteiger partial charge in [-0.2, -0.15) is 0 Å². The Labute approximate surface area is 227 Å². The topological polar surface area (TPSA) is 290 Å². The Morgan fingerprint density at radius 3 is 2.00 bits per heavy atom. The molecule has 1 aromatic carbocycles. The molecule has 12 N–H and O–H groups in total. The van der Waals surface area contributed by atoms with Crippen LogP contribution in [0.2, 0.25) is 0 Å². The lowest BCUT2D eigenvalue weighted by Gasteiger charge is -2.25. The van der Waals surface area contributed by atoms with Gasteiger partial charge in [0.2, 0.25) is 29.5 Å². The SMILES string of the molecule is NC(=O)CCC(NC(=O)C(Cc1c[nH]c2ccccc12)NC(=O)C(N)CC(=O)O)C(=O)NC(CC(N)=O)C(=O)O. The summed E-state index contributed by atoms with van der Waals surface area (Å²) in [6.45, 7) is 0. The highest BCUT2D eigenvalue weighted by atomic mass is 16.4. The maximum Gasteiger partial charge on any atom is 0.326 e. The number of carboxylic acid groups (broad SMARTS) is 2. The molecule has 0 saturated carbocycles. The van der Waals surface area contributed by atoms with E-state index in [9.17, 15) is 38.7 Å². The van der Waals surface area contributed by atoms with E-state index in [2.05, 4.69) is 20.9 Å². The van der Waals surface area contributed by atoms with E-state index in [1.807, 2.05) is 0 Å². The third-order valence-electron chi connectivity index (χ3n) is 5.80. The fourth-order valence-electron chi connectivity index (χ4n) is 3.79. The van der Waals surface area contributed by atoms with Crippen LogP contribution in [-0.4, -0.2) is 80.8 Å². The third kappa shape index (κ3) is 9.39. The second kappa shape index (κ2) is 14.2. The summed E-state index contributed by atoms with van der Waals surface area (Å²) in [6.07, 6.45) is -0.694. The van der Waals surface area contributed by atoms with Crippen molar-refractivity contribution in [2.75, 3.05) is 0 Å². The van der Waals surface area contributed by atoms with Crippen molar-refractivity contribution >= 4 is 52.4 Å². The van der Waals surface area contributed by atoms with Crippen molar-refractivity contribution in [1.82, 2.24) is 20.9 Å². The van der Waals surface area contributed by atoms with Gasteiger partial charge in [0.05, 0.1) is 18.9 Å². The number of hydrogen-bond donors (Lipinski definition) is 9. The van der Waals surface area contributed by atoms with Gasteiger partial charge in [0, 0.05) is 29.9 Å². The van der Waals surface area contributed by atoms with Gasteiger partial charge in [-0.15, -0.1) is 0 Å². The highest BCUT2D eigenvalue weighted by Gasteiger charge is 2.32. The molecule has 0 spiro atoms. The fourth-order valence-corrected chi connectivity index (χ4v) is 3.79. The highest BCUT2D eigenvalue weighted by molar-refractivity contribution is 5.96. The van der Waals surface area contributed by atoms with Gasteiger partial charge in [0.25, 0.3) is 0 Å². The van der Waals surface area contributed by atoms with Crippen LogP contribution < -0.4 is 33.2 Å². The number of aliphatic carboxylic acids is 2. The summed E-state index contributed by atoms with van der Waals surface area (Å²) in [7, 11) is 0. The Hall–Kier alpha value is -4.99. The van der Waals surface area contributed by atoms with Crippen molar-refractivity contribution in [3.05, 3.63) is 36.0 Å². The number of fused-ring (bicyclic) bond motifs is 1. The number of benzene rings is 1. The first kappa shape index (κ1) is 31.2. The average Bonchev–Trinajstić information content (AvgIpc) is 3.27. The van der Waals surface area contributed by atoms with E-state index >= 15 is 0 Å². The van der Waals surface area contributed by atoms with Crippen LogP contribution in [0.25, 0.3) is 10.9 Å². The van der Waals surface area contributed by atoms with Crippen LogP contribution in [0, 0.1) is 0 Å². The molecule has 0 aliphatic carbocycles. The average molecular weight is 562 g/mol. The summed E-state index contributed by atoms with van der Waals surface area (Å²) >= 11 is 0. The van der Waals surface area contributed by atoms with Crippen LogP contribution in [-0.2, 0) is 40.0 Å². The van der Waals surface area contributed by atoms with Gasteiger partial charge in [-0.1, -0.05) is 18.2 Å². The fraction of sp³-hybridized carbons (Fsp3) is 0.375. The molecular formula is C24H31N7O9. The summed E-state index contributed by atoms with van der Waals surface area (Å²) in [5.41, 5.74) is 17.2. The number of amides is 5. The van der Waals surface area contributed by atoms with Crippen molar-refractivity contribution in [3.63, 3.8) is 0 Å². The lowest BCUT2D eigenvalue weighted by atomic mass is 10.0. The minimum atomic E-state index is -1.71. The van der Waals surface area contributed by atoms with Crippen LogP contribution in [0.4, 0.5) is 0 Å². The minimum absolute atomic E-state index is 0.120. The number of primary amides is 2. The van der Waals surface area contributed by atoms with E-state index in [4.69, 9.17) is 22.3 Å². The molecule has 0 bridgehead atoms. The molecule has 4 unspecified atom stereocenters. The molecule has 16 heteroatoms. The molecule has 1 heterocycles. The molecule has 16 nitrogen and oxygen atoms in total. The molecule has 4 atom stereocenters. The van der Waals surface area contributed by atoms with Crippen molar-refractivity contribution in [2.24, 2.45) is 17.2 Å². The van der Waals surface area contributed by atoms with Gasteiger partial charge >= 0.3 is 11.9 Å². The molecular weight excluding hydrogens is 530 g/mol. The zero-order valence-corrected chi connectivity index (χ0v) is 21.2. The number of nitrogens with two attached hydrogens (primary N) is 3. The molecule has 0 aliphatic rings. The van der Waals surface area contributed by atoms with Gasteiger partial charge in [-0.05, 0) is 18.1 Å². The first-order chi connectivity index (χ1) is 18.8. The molecule has 216 valence electrons. The number of aromatic nitrogens is 1. The number of carbonyl (C=O) groups excluding carboxylic acids is 5. The molecule has 5 amide bonds. The lowest BCUT2D eigenvalue weighted by molar-refractivity contribution is -0.144. The Morgan fingerprint density at radius 2 is 1.40 bits per heavy atom. The van der Waals surface area contributed by atoms with Crippen LogP contribution >= 0.6 is 0 Å². The molecule has 40 heavy (non-hydrogen) atoms. The van der Waals surface area contributed by atoms with Crippen LogP contribution in [0.1, 0.15) is 31.2 Å². The van der Waals surface area contributed by atoms with E-state index in [-0.39, 0.29) is 19.3 Å². The maximum atomic E-state index is 13.4. The maximum absolute atomic E-state index is 13.4. The molecule has 1 aromatic heterocycles. The first-order valence-corrected chi connectivity index (χ1v) is 12.0. The van der Waals surface area contributed by atoms with Gasteiger partial charge in [0.15, 0.2) is 0 Å². The monoisotopic (exact) mass is 561 g/mol. The van der Waals surface area contributed by atoms with Gasteiger partial charge in [-0.25, -0.2) is 4.79 Å². The van der Waals surface area contributed by atoms with E-state index in [1.54, 1.807) is 30.5 Å². The smallest absolute Gasteiger partial charge is 0.326 e. The molecule has 0 saturated heterocycles. The van der Waals surface area contributed by atoms with Crippen LogP contribution in [0.5, 0.6) is 0 Å². The van der Waals surface area contributed by atoms with Crippen LogP contribution in [0.15, 0.2) is 30.5 Å². The predicted molar refractivity (Wildman–Crippen MR) is 138 cm³/mol. The summed E-state index contributed by atoms with van der Waals surface area (Å²) in [5.74, 6) is -7.66. The number of carbonyl (C=O) groups is 7. The van der Waals surface area contributed by atoms with Gasteiger partial charge in [0.1, 0.15) is 18.1 Å². The number of nitrogens with one attached hydrogen (secondary N) is 4. The summed E-state index contributed by atoms with van der Waals surface area (Å²) < 4.78 is 0. The number of aromatic amines is 1. The van der Waals surface area contributed by atoms with Crippen molar-refractivity contribution in [3.8, 4) is 0 Å². The number of carboxylic acids is 2. The zero-order valence-electron chi connectivity index (χ0n) is 21.2. The largest absolute Gasteiger partial charge is 0.481 e. The van der Waals surface area contributed by atoms with E-state index < -0.39 is 78.5 Å². The van der Waals surface area contributed by atoms with Crippen molar-refractivity contribution in [2.45, 2.75) is 56.3 Å². The lowest BCUT2D eigenvalue weighted by Crippen LogP contribution is -2.58. The summed E-state index contributed by atoms with van der Waals surface area (Å²) in [6, 6.07) is 0.992. The minimum Gasteiger partial charge on any atom is -0.481 e. The zero-order chi connectivity index (χ0) is 30.0. The number of hydrogen-bond acceptors (Lipinski definition) is 8. The van der Waals surface area contributed by atoms with E-state index in [0.29, 0.717) is 5.56 Å². The second-order valence-corrected chi connectivity index (χ2v) is 8.97. The highest BCUT2D eigenvalue weighted by Crippen LogP contribution is 2.19. The number of H-pyrrole nitrogens is 1. The number of rotatable bonds is 16. The molecule has 2 rings (SSSR count). The predicted octanol–water partition coefficient (Wildman–Crippen LogP) is -2.81. The van der Waals surface area contributed by atoms with Gasteiger partial charge in [-0.3, -0.25) is 28.8 Å². The first-order valence-electron chi connectivity index (χ1n) is 12.0. The molecule has 0 aliphatic heterocycles. The van der Waals surface area contributed by atoms with Crippen molar-refractivity contribution in [1.29, 1.82) is 0 Å². The summed E-state index contributed by atoms with van der Waals surface area (Å²) in [4.78, 5) is 86.9. The second-order valence-electron chi connectivity index (χ2n) is 8.97. The Kier molecular flexibility index (Phi) is 11.1. The summed E-state index contributed by atoms with van der Waals surface area (Å²) in [5, 5.41) is 25.8. The molecule has 0 radical (unpaired) electrons. The molecule has 2 aromatic rings. The quantitative estimate of drug-likeness (QED) is 0.101. The van der Waals surface area contributed by atoms with E-state index in [0.717, 1.165) is 10.9 Å². The number of para-hydroxylation sites is 1. The van der Waals surface area contributed by atoms with E-state index in [1.165, 1.54) is 0 Å².